The van der Waals surface area contributed by atoms with Gasteiger partial charge in [0.1, 0.15) is 17.3 Å². The smallest absolute Gasteiger partial charge is 0.248 e. The number of likely N-dealkylation sites (N-methyl/N-ethyl adjacent to an activating group) is 3. The van der Waals surface area contributed by atoms with Crippen LogP contribution in [0.25, 0.3) is 0 Å². The van der Waals surface area contributed by atoms with Gasteiger partial charge in [0, 0.05) is 39.3 Å². The molecular formula is C24H40ClN3O6S. The molecule has 0 saturated heterocycles. The van der Waals surface area contributed by atoms with Crippen molar-refractivity contribution in [3.8, 4) is 5.75 Å². The lowest BCUT2D eigenvalue weighted by atomic mass is 9.92. The van der Waals surface area contributed by atoms with Crippen LogP contribution in [0, 0.1) is 6.92 Å². The summed E-state index contributed by atoms with van der Waals surface area (Å²) in [5, 5.41) is 0.101. The van der Waals surface area contributed by atoms with Gasteiger partial charge in [-0.05, 0) is 58.3 Å². The Kier molecular flexibility index (Phi) is 11.7. The summed E-state index contributed by atoms with van der Waals surface area (Å²) in [4.78, 5) is 16.5. The Balaban J connectivity index is 1.76. The number of benzene rings is 1. The predicted molar refractivity (Wildman–Crippen MR) is 137 cm³/mol. The van der Waals surface area contributed by atoms with E-state index in [9.17, 15) is 13.2 Å². The van der Waals surface area contributed by atoms with Gasteiger partial charge in [0.15, 0.2) is 0 Å². The summed E-state index contributed by atoms with van der Waals surface area (Å²) in [5.41, 5.74) is 0.497. The molecule has 0 unspecified atom stereocenters. The molecule has 0 N–H and O–H groups in total. The number of aryl methyl sites for hydroxylation is 1. The number of sulfonamides is 1. The van der Waals surface area contributed by atoms with Crippen molar-refractivity contribution in [1.82, 2.24) is 14.1 Å². The molecule has 200 valence electrons. The number of methoxy groups -OCH3 is 1. The van der Waals surface area contributed by atoms with Crippen molar-refractivity contribution in [2.24, 2.45) is 0 Å². The summed E-state index contributed by atoms with van der Waals surface area (Å²) in [6.45, 7) is 3.39. The number of rotatable bonds is 13. The predicted octanol–water partition coefficient (Wildman–Crippen LogP) is 2.64. The van der Waals surface area contributed by atoms with Crippen LogP contribution in [0.3, 0.4) is 0 Å². The van der Waals surface area contributed by atoms with Crippen LogP contribution in [-0.2, 0) is 24.3 Å². The van der Waals surface area contributed by atoms with E-state index in [0.29, 0.717) is 11.3 Å². The second-order valence-electron chi connectivity index (χ2n) is 9.24. The molecule has 0 aliphatic heterocycles. The quantitative estimate of drug-likeness (QED) is 0.360. The molecular weight excluding hydrogens is 494 g/mol. The van der Waals surface area contributed by atoms with Gasteiger partial charge in [-0.2, -0.15) is 4.31 Å². The molecule has 0 radical (unpaired) electrons. The molecule has 0 atom stereocenters. The number of hydrogen-bond acceptors (Lipinski definition) is 7. The zero-order valence-electron chi connectivity index (χ0n) is 21.8. The van der Waals surface area contributed by atoms with Crippen LogP contribution in [0.1, 0.15) is 31.2 Å². The molecule has 9 nitrogen and oxygen atoms in total. The molecule has 35 heavy (non-hydrogen) atoms. The maximum Gasteiger partial charge on any atom is 0.248 e. The largest absolute Gasteiger partial charge is 0.497 e. The minimum atomic E-state index is -3.82. The summed E-state index contributed by atoms with van der Waals surface area (Å²) in [5.74, 6) is 0.381. The van der Waals surface area contributed by atoms with Crippen molar-refractivity contribution >= 4 is 27.5 Å². The van der Waals surface area contributed by atoms with E-state index in [1.54, 1.807) is 24.9 Å². The van der Waals surface area contributed by atoms with Crippen LogP contribution in [0.15, 0.2) is 17.0 Å². The molecule has 1 aliphatic rings. The standard InChI is InChI=1S/C24H40ClN3O6S/c1-18-15-21(32-6)16-22(25)24(18)35(30,31)27(4)12-13-33-17-23(29)28(5)19-7-9-20(10-8-19)34-14-11-26(2)3/h15-16,19-20H,7-14,17H2,1-6H3. The van der Waals surface area contributed by atoms with E-state index in [1.807, 2.05) is 14.1 Å². The van der Waals surface area contributed by atoms with E-state index in [4.69, 9.17) is 25.8 Å². The van der Waals surface area contributed by atoms with Gasteiger partial charge in [0.25, 0.3) is 0 Å². The van der Waals surface area contributed by atoms with E-state index >= 15 is 0 Å². The highest BCUT2D eigenvalue weighted by molar-refractivity contribution is 7.89. The fourth-order valence-electron chi connectivity index (χ4n) is 4.08. The molecule has 1 amide bonds. The topological polar surface area (TPSA) is 88.6 Å². The third-order valence-corrected chi connectivity index (χ3v) is 8.83. The van der Waals surface area contributed by atoms with Crippen molar-refractivity contribution in [2.45, 2.75) is 49.6 Å². The Hall–Kier alpha value is -1.43. The Morgan fingerprint density at radius 2 is 1.71 bits per heavy atom. The zero-order chi connectivity index (χ0) is 26.2. The molecule has 1 aromatic carbocycles. The van der Waals surface area contributed by atoms with Gasteiger partial charge in [0.2, 0.25) is 15.9 Å². The van der Waals surface area contributed by atoms with E-state index in [2.05, 4.69) is 4.90 Å². The number of hydrogen-bond donors (Lipinski definition) is 0. The third kappa shape index (κ3) is 8.58. The lowest BCUT2D eigenvalue weighted by Crippen LogP contribution is -2.42. The molecule has 11 heteroatoms. The van der Waals surface area contributed by atoms with E-state index in [0.717, 1.165) is 38.8 Å². The second-order valence-corrected chi connectivity index (χ2v) is 11.6. The first-order valence-corrected chi connectivity index (χ1v) is 13.7. The third-order valence-electron chi connectivity index (χ3n) is 6.36. The number of carbonyl (C=O) groups is 1. The number of amides is 1. The summed E-state index contributed by atoms with van der Waals surface area (Å²) < 4.78 is 43.8. The average molecular weight is 534 g/mol. The molecule has 1 aliphatic carbocycles. The molecule has 0 spiro atoms. The van der Waals surface area contributed by atoms with Crippen molar-refractivity contribution in [1.29, 1.82) is 0 Å². The molecule has 0 aromatic heterocycles. The van der Waals surface area contributed by atoms with E-state index in [-0.39, 0.29) is 47.7 Å². The fourth-order valence-corrected chi connectivity index (χ4v) is 6.03. The second kappa shape index (κ2) is 13.8. The van der Waals surface area contributed by atoms with Crippen LogP contribution >= 0.6 is 11.6 Å². The SMILES string of the molecule is COc1cc(C)c(S(=O)(=O)N(C)CCOCC(=O)N(C)C2CCC(OCCN(C)C)CC2)c(Cl)c1. The maximum atomic E-state index is 13.0. The van der Waals surface area contributed by atoms with Gasteiger partial charge in [-0.3, -0.25) is 4.79 Å². The van der Waals surface area contributed by atoms with Crippen LogP contribution in [0.4, 0.5) is 0 Å². The number of ether oxygens (including phenoxy) is 3. The molecule has 0 heterocycles. The first-order valence-electron chi connectivity index (χ1n) is 11.9. The van der Waals surface area contributed by atoms with Gasteiger partial charge >= 0.3 is 0 Å². The Morgan fingerprint density at radius 1 is 1.06 bits per heavy atom. The van der Waals surface area contributed by atoms with Crippen LogP contribution in [0.2, 0.25) is 5.02 Å². The number of carbonyl (C=O) groups excluding carboxylic acids is 1. The van der Waals surface area contributed by atoms with Gasteiger partial charge in [-0.1, -0.05) is 11.6 Å². The van der Waals surface area contributed by atoms with Gasteiger partial charge < -0.3 is 24.0 Å². The van der Waals surface area contributed by atoms with Crippen molar-refractivity contribution in [3.63, 3.8) is 0 Å². The van der Waals surface area contributed by atoms with Crippen molar-refractivity contribution < 1.29 is 27.4 Å². The molecule has 2 rings (SSSR count). The van der Waals surface area contributed by atoms with Crippen molar-refractivity contribution in [3.05, 3.63) is 22.7 Å². The molecule has 0 bridgehead atoms. The molecule has 1 aromatic rings. The van der Waals surface area contributed by atoms with Gasteiger partial charge in [-0.15, -0.1) is 0 Å². The highest BCUT2D eigenvalue weighted by Gasteiger charge is 2.28. The zero-order valence-corrected chi connectivity index (χ0v) is 23.3. The Bertz CT molecular complexity index is 912. The fraction of sp³-hybridized carbons (Fsp3) is 0.708. The first-order chi connectivity index (χ1) is 16.5. The Labute approximate surface area is 215 Å². The monoisotopic (exact) mass is 533 g/mol. The lowest BCUT2D eigenvalue weighted by molar-refractivity contribution is -0.138. The highest BCUT2D eigenvalue weighted by atomic mass is 35.5. The number of nitrogens with zero attached hydrogens (tertiary/aromatic N) is 3. The minimum Gasteiger partial charge on any atom is -0.497 e. The normalized spacial score (nSPS) is 18.8. The maximum absolute atomic E-state index is 13.0. The average Bonchev–Trinajstić information content (AvgIpc) is 2.80. The van der Waals surface area contributed by atoms with Gasteiger partial charge in [0.05, 0.1) is 31.5 Å². The molecule has 1 saturated carbocycles. The van der Waals surface area contributed by atoms with Crippen LogP contribution in [0.5, 0.6) is 5.75 Å². The van der Waals surface area contributed by atoms with E-state index in [1.165, 1.54) is 24.5 Å². The summed E-state index contributed by atoms with van der Waals surface area (Å²) in [6.07, 6.45) is 3.93. The van der Waals surface area contributed by atoms with Crippen LogP contribution < -0.4 is 4.74 Å². The number of halogens is 1. The summed E-state index contributed by atoms with van der Waals surface area (Å²) >= 11 is 6.22. The first kappa shape index (κ1) is 29.8. The summed E-state index contributed by atoms with van der Waals surface area (Å²) in [6, 6.07) is 3.27. The highest BCUT2D eigenvalue weighted by Crippen LogP contribution is 2.31. The lowest BCUT2D eigenvalue weighted by Gasteiger charge is -2.34. The van der Waals surface area contributed by atoms with Crippen LogP contribution in [-0.4, -0.2) is 109 Å². The van der Waals surface area contributed by atoms with Gasteiger partial charge in [-0.25, -0.2) is 8.42 Å². The Morgan fingerprint density at radius 3 is 2.29 bits per heavy atom. The summed E-state index contributed by atoms with van der Waals surface area (Å²) in [7, 11) is 4.99. The molecule has 1 fully saturated rings. The van der Waals surface area contributed by atoms with E-state index < -0.39 is 10.0 Å². The minimum absolute atomic E-state index is 0.0413. The van der Waals surface area contributed by atoms with Crippen molar-refractivity contribution in [2.75, 3.05) is 68.2 Å².